The molecule has 0 aliphatic carbocycles. The summed E-state index contributed by atoms with van der Waals surface area (Å²) in [6.07, 6.45) is 0.225. The van der Waals surface area contributed by atoms with Crippen molar-refractivity contribution in [2.45, 2.75) is 6.42 Å². The first-order valence-electron chi connectivity index (χ1n) is 5.71. The van der Waals surface area contributed by atoms with E-state index < -0.39 is 0 Å². The van der Waals surface area contributed by atoms with Crippen LogP contribution in [-0.2, 0) is 0 Å². The highest BCUT2D eigenvalue weighted by Gasteiger charge is 2.14. The normalized spacial score (nSPS) is 10.6. The topological polar surface area (TPSA) is 72.5 Å². The third kappa shape index (κ3) is 2.02. The number of Topliss-reactive ketones (excluding diaryl/α,β-unsaturated/α-hetero) is 1. The monoisotopic (exact) mass is 245 g/mol. The molecular weight excluding hydrogens is 230 g/mol. The molecule has 0 radical (unpaired) electrons. The molecule has 0 amide bonds. The van der Waals surface area contributed by atoms with Crippen LogP contribution in [0.5, 0.6) is 11.5 Å². The molecule has 4 nitrogen and oxygen atoms in total. The number of nitrogens with two attached hydrogens (primary N) is 1. The standard InChI is InChI=1S/C14H15NO3/c1-18-13-4-2-3-10-9(13)5-6-11(14(10)17)12(16)7-8-15/h2-6,17H,7-8,15H2,1H3. The molecule has 0 aromatic heterocycles. The molecule has 0 unspecified atom stereocenters. The maximum Gasteiger partial charge on any atom is 0.167 e. The second kappa shape index (κ2) is 5.06. The van der Waals surface area contributed by atoms with E-state index in [1.807, 2.05) is 6.07 Å². The molecule has 0 heterocycles. The lowest BCUT2D eigenvalue weighted by atomic mass is 10.0. The lowest BCUT2D eigenvalue weighted by Gasteiger charge is -2.09. The molecule has 0 aliphatic heterocycles. The fraction of sp³-hybridized carbons (Fsp3) is 0.214. The number of carbonyl (C=O) groups is 1. The molecule has 0 fully saturated rings. The van der Waals surface area contributed by atoms with Crippen LogP contribution in [0.3, 0.4) is 0 Å². The van der Waals surface area contributed by atoms with E-state index in [1.165, 1.54) is 0 Å². The van der Waals surface area contributed by atoms with E-state index in [1.54, 1.807) is 31.4 Å². The lowest BCUT2D eigenvalue weighted by molar-refractivity contribution is 0.0983. The SMILES string of the molecule is COc1cccc2c(O)c(C(=O)CCN)ccc12. The number of phenols is 1. The molecule has 94 valence electrons. The number of methoxy groups -OCH3 is 1. The molecule has 0 spiro atoms. The van der Waals surface area contributed by atoms with Gasteiger partial charge in [-0.2, -0.15) is 0 Å². The maximum absolute atomic E-state index is 11.8. The summed E-state index contributed by atoms with van der Waals surface area (Å²) in [4.78, 5) is 11.8. The largest absolute Gasteiger partial charge is 0.507 e. The summed E-state index contributed by atoms with van der Waals surface area (Å²) in [5, 5.41) is 11.5. The first-order chi connectivity index (χ1) is 8.69. The van der Waals surface area contributed by atoms with Crippen molar-refractivity contribution in [3.8, 4) is 11.5 Å². The fourth-order valence-corrected chi connectivity index (χ4v) is 1.98. The number of ether oxygens (including phenoxy) is 1. The van der Waals surface area contributed by atoms with Crippen LogP contribution in [0.15, 0.2) is 30.3 Å². The Kier molecular flexibility index (Phi) is 3.48. The number of fused-ring (bicyclic) bond motifs is 1. The highest BCUT2D eigenvalue weighted by Crippen LogP contribution is 2.34. The number of rotatable bonds is 4. The fourth-order valence-electron chi connectivity index (χ4n) is 1.98. The van der Waals surface area contributed by atoms with Crippen molar-refractivity contribution in [3.63, 3.8) is 0 Å². The van der Waals surface area contributed by atoms with Crippen molar-refractivity contribution in [1.82, 2.24) is 0 Å². The number of phenolic OH excluding ortho intramolecular Hbond substituents is 1. The summed E-state index contributed by atoms with van der Waals surface area (Å²) in [5.74, 6) is 0.505. The van der Waals surface area contributed by atoms with Gasteiger partial charge in [0.25, 0.3) is 0 Å². The maximum atomic E-state index is 11.8. The third-order valence-electron chi connectivity index (χ3n) is 2.88. The van der Waals surface area contributed by atoms with Crippen LogP contribution < -0.4 is 10.5 Å². The molecule has 2 rings (SSSR count). The van der Waals surface area contributed by atoms with Gasteiger partial charge in [0.15, 0.2) is 5.78 Å². The van der Waals surface area contributed by atoms with Gasteiger partial charge in [-0.05, 0) is 24.7 Å². The number of aromatic hydroxyl groups is 1. The summed E-state index contributed by atoms with van der Waals surface area (Å²) in [5.41, 5.74) is 5.66. The molecule has 0 saturated carbocycles. The van der Waals surface area contributed by atoms with Crippen LogP contribution in [0.25, 0.3) is 10.8 Å². The van der Waals surface area contributed by atoms with Crippen LogP contribution in [0.4, 0.5) is 0 Å². The first-order valence-corrected chi connectivity index (χ1v) is 5.71. The summed E-state index contributed by atoms with van der Waals surface area (Å²) in [6, 6.07) is 8.73. The zero-order valence-corrected chi connectivity index (χ0v) is 10.1. The molecule has 18 heavy (non-hydrogen) atoms. The smallest absolute Gasteiger partial charge is 0.167 e. The molecule has 2 aromatic rings. The minimum Gasteiger partial charge on any atom is -0.507 e. The van der Waals surface area contributed by atoms with Gasteiger partial charge in [-0.15, -0.1) is 0 Å². The zero-order valence-electron chi connectivity index (χ0n) is 10.1. The van der Waals surface area contributed by atoms with Gasteiger partial charge in [-0.1, -0.05) is 12.1 Å². The van der Waals surface area contributed by atoms with Gasteiger partial charge in [0.1, 0.15) is 11.5 Å². The van der Waals surface area contributed by atoms with Crippen LogP contribution in [0.2, 0.25) is 0 Å². The van der Waals surface area contributed by atoms with Crippen LogP contribution >= 0.6 is 0 Å². The minimum atomic E-state index is -0.153. The van der Waals surface area contributed by atoms with E-state index in [-0.39, 0.29) is 24.5 Å². The predicted molar refractivity (Wildman–Crippen MR) is 70.2 cm³/mol. The van der Waals surface area contributed by atoms with Gasteiger partial charge in [0.05, 0.1) is 12.7 Å². The Morgan fingerprint density at radius 2 is 2.06 bits per heavy atom. The second-order valence-corrected chi connectivity index (χ2v) is 3.98. The van der Waals surface area contributed by atoms with Crippen molar-refractivity contribution in [2.75, 3.05) is 13.7 Å². The molecular formula is C14H15NO3. The molecule has 3 N–H and O–H groups in total. The second-order valence-electron chi connectivity index (χ2n) is 3.98. The number of hydrogen-bond donors (Lipinski definition) is 2. The van der Waals surface area contributed by atoms with Crippen molar-refractivity contribution in [3.05, 3.63) is 35.9 Å². The van der Waals surface area contributed by atoms with E-state index in [0.29, 0.717) is 16.7 Å². The average molecular weight is 245 g/mol. The molecule has 0 atom stereocenters. The Balaban J connectivity index is 2.61. The van der Waals surface area contributed by atoms with Crippen molar-refractivity contribution >= 4 is 16.6 Å². The van der Waals surface area contributed by atoms with E-state index in [2.05, 4.69) is 0 Å². The molecule has 0 saturated heterocycles. The van der Waals surface area contributed by atoms with E-state index in [9.17, 15) is 9.90 Å². The van der Waals surface area contributed by atoms with Gasteiger partial charge >= 0.3 is 0 Å². The number of ketones is 1. The molecule has 0 aliphatic rings. The van der Waals surface area contributed by atoms with Gasteiger partial charge in [0.2, 0.25) is 0 Å². The third-order valence-corrected chi connectivity index (χ3v) is 2.88. The Bertz CT molecular complexity index is 593. The van der Waals surface area contributed by atoms with Gasteiger partial charge in [-0.3, -0.25) is 4.79 Å². The number of hydrogen-bond acceptors (Lipinski definition) is 4. The Morgan fingerprint density at radius 1 is 1.28 bits per heavy atom. The van der Waals surface area contributed by atoms with Crippen LogP contribution in [0.1, 0.15) is 16.8 Å². The predicted octanol–water partition coefficient (Wildman–Crippen LogP) is 2.09. The van der Waals surface area contributed by atoms with E-state index in [4.69, 9.17) is 10.5 Å². The summed E-state index contributed by atoms with van der Waals surface area (Å²) >= 11 is 0. The van der Waals surface area contributed by atoms with Gasteiger partial charge in [0, 0.05) is 17.2 Å². The number of carbonyl (C=O) groups excluding carboxylic acids is 1. The Hall–Kier alpha value is -2.07. The molecule has 0 bridgehead atoms. The van der Waals surface area contributed by atoms with Gasteiger partial charge in [-0.25, -0.2) is 0 Å². The lowest BCUT2D eigenvalue weighted by Crippen LogP contribution is -2.08. The Labute approximate surface area is 105 Å². The highest BCUT2D eigenvalue weighted by molar-refractivity contribution is 6.05. The van der Waals surface area contributed by atoms with Crippen molar-refractivity contribution in [1.29, 1.82) is 0 Å². The number of benzene rings is 2. The summed E-state index contributed by atoms with van der Waals surface area (Å²) in [6.45, 7) is 0.272. The van der Waals surface area contributed by atoms with Crippen molar-refractivity contribution < 1.29 is 14.6 Å². The van der Waals surface area contributed by atoms with Crippen LogP contribution in [-0.4, -0.2) is 24.5 Å². The first kappa shape index (κ1) is 12.4. The van der Waals surface area contributed by atoms with Crippen LogP contribution in [0, 0.1) is 0 Å². The minimum absolute atomic E-state index is 0.00940. The molecule has 4 heteroatoms. The zero-order chi connectivity index (χ0) is 13.1. The highest BCUT2D eigenvalue weighted by atomic mass is 16.5. The quantitative estimate of drug-likeness (QED) is 0.809. The van der Waals surface area contributed by atoms with E-state index >= 15 is 0 Å². The summed E-state index contributed by atoms with van der Waals surface area (Å²) in [7, 11) is 1.57. The average Bonchev–Trinajstić information content (AvgIpc) is 2.39. The van der Waals surface area contributed by atoms with Crippen molar-refractivity contribution in [2.24, 2.45) is 5.73 Å². The Morgan fingerprint density at radius 3 is 2.72 bits per heavy atom. The van der Waals surface area contributed by atoms with Gasteiger partial charge < -0.3 is 15.6 Å². The van der Waals surface area contributed by atoms with E-state index in [0.717, 1.165) is 5.39 Å². The molecule has 2 aromatic carbocycles. The summed E-state index contributed by atoms with van der Waals surface area (Å²) < 4.78 is 5.21.